The third kappa shape index (κ3) is 1.55. The highest BCUT2D eigenvalue weighted by atomic mass is 16.3. The molecular formula is C7H10O3. The molecule has 0 saturated carbocycles. The Kier molecular flexibility index (Phi) is 2.55. The Morgan fingerprint density at radius 2 is 1.50 bits per heavy atom. The van der Waals surface area contributed by atoms with Gasteiger partial charge in [0.15, 0.2) is 11.5 Å². The van der Waals surface area contributed by atoms with E-state index in [0.29, 0.717) is 0 Å². The highest BCUT2D eigenvalue weighted by molar-refractivity contribution is 5.42. The Morgan fingerprint density at radius 3 is 1.90 bits per heavy atom. The quantitative estimate of drug-likeness (QED) is 0.379. The second-order valence-corrected chi connectivity index (χ2v) is 1.67. The molecule has 0 spiro atoms. The molecule has 3 N–H and O–H groups in total. The Labute approximate surface area is 59.2 Å². The highest BCUT2D eigenvalue weighted by Gasteiger charge is 1.96. The Hall–Kier alpha value is -1.38. The Balaban J connectivity index is 0.000000810. The van der Waals surface area contributed by atoms with Crippen LogP contribution < -0.4 is 0 Å². The van der Waals surface area contributed by atoms with Crippen LogP contribution in [0.15, 0.2) is 18.2 Å². The van der Waals surface area contributed by atoms with Crippen molar-refractivity contribution in [1.29, 1.82) is 0 Å². The Bertz CT molecular complexity index is 220. The molecule has 0 bridgehead atoms. The summed E-state index contributed by atoms with van der Waals surface area (Å²) >= 11 is 0. The van der Waals surface area contributed by atoms with Gasteiger partial charge in [0, 0.05) is 6.07 Å². The van der Waals surface area contributed by atoms with Gasteiger partial charge in [-0.25, -0.2) is 0 Å². The van der Waals surface area contributed by atoms with Gasteiger partial charge in [-0.2, -0.15) is 0 Å². The molecule has 3 nitrogen and oxygen atoms in total. The van der Waals surface area contributed by atoms with Crippen LogP contribution in [-0.4, -0.2) is 15.3 Å². The maximum Gasteiger partial charge on any atom is 0.161 e. The zero-order valence-electron chi connectivity index (χ0n) is 4.57. The van der Waals surface area contributed by atoms with Crippen LogP contribution in [0.4, 0.5) is 0 Å². The lowest BCUT2D eigenvalue weighted by atomic mass is 10.3. The molecule has 0 aliphatic heterocycles. The second-order valence-electron chi connectivity index (χ2n) is 1.67. The fourth-order valence-corrected chi connectivity index (χ4v) is 0.512. The predicted molar refractivity (Wildman–Crippen MR) is 38.2 cm³/mol. The van der Waals surface area contributed by atoms with Gasteiger partial charge in [0.25, 0.3) is 0 Å². The van der Waals surface area contributed by atoms with Crippen LogP contribution in [0.5, 0.6) is 17.2 Å². The van der Waals surface area contributed by atoms with Crippen molar-refractivity contribution in [1.82, 2.24) is 0 Å². The molecule has 10 heavy (non-hydrogen) atoms. The summed E-state index contributed by atoms with van der Waals surface area (Å²) in [7, 11) is 0. The zero-order valence-corrected chi connectivity index (χ0v) is 4.57. The average molecular weight is 142 g/mol. The van der Waals surface area contributed by atoms with Crippen LogP contribution in [-0.2, 0) is 0 Å². The van der Waals surface area contributed by atoms with E-state index in [1.807, 2.05) is 0 Å². The largest absolute Gasteiger partial charge is 0.508 e. The van der Waals surface area contributed by atoms with E-state index in [9.17, 15) is 0 Å². The van der Waals surface area contributed by atoms with Crippen molar-refractivity contribution >= 4 is 0 Å². The second kappa shape index (κ2) is 2.96. The number of benzene rings is 1. The molecule has 1 aromatic carbocycles. The number of hydrogen-bond acceptors (Lipinski definition) is 3. The minimum Gasteiger partial charge on any atom is -0.508 e. The molecule has 0 fully saturated rings. The van der Waals surface area contributed by atoms with E-state index in [2.05, 4.69) is 0 Å². The summed E-state index contributed by atoms with van der Waals surface area (Å²) in [6.07, 6.45) is 0. The number of rotatable bonds is 0. The monoisotopic (exact) mass is 142 g/mol. The van der Waals surface area contributed by atoms with Crippen molar-refractivity contribution in [2.75, 3.05) is 0 Å². The molecule has 3 heteroatoms. The van der Waals surface area contributed by atoms with Gasteiger partial charge in [0.2, 0.25) is 0 Å². The van der Waals surface area contributed by atoms with Gasteiger partial charge in [0.1, 0.15) is 5.75 Å². The molecule has 0 saturated heterocycles. The number of phenolic OH excluding ortho intramolecular Hbond substituents is 3. The molecule has 0 atom stereocenters. The van der Waals surface area contributed by atoms with Gasteiger partial charge in [-0.05, 0) is 12.1 Å². The summed E-state index contributed by atoms with van der Waals surface area (Å²) in [5.41, 5.74) is 0. The summed E-state index contributed by atoms with van der Waals surface area (Å²) in [4.78, 5) is 0. The first-order chi connectivity index (χ1) is 4.20. The maximum absolute atomic E-state index is 8.69. The molecule has 0 heterocycles. The standard InChI is InChI=1S/C6H6O3.CH4/c7-4-1-2-5(8)6(9)3-4;/h1-3,7-9H;1H4. The predicted octanol–water partition coefficient (Wildman–Crippen LogP) is 1.44. The van der Waals surface area contributed by atoms with Crippen molar-refractivity contribution in [3.63, 3.8) is 0 Å². The van der Waals surface area contributed by atoms with Gasteiger partial charge in [0.05, 0.1) is 0 Å². The SMILES string of the molecule is C.Oc1ccc(O)c(O)c1. The number of phenols is 3. The lowest BCUT2D eigenvalue weighted by Gasteiger charge is -1.95. The van der Waals surface area contributed by atoms with E-state index in [1.54, 1.807) is 0 Å². The van der Waals surface area contributed by atoms with E-state index in [-0.39, 0.29) is 24.7 Å². The summed E-state index contributed by atoms with van der Waals surface area (Å²) in [5, 5.41) is 26.0. The van der Waals surface area contributed by atoms with Crippen molar-refractivity contribution in [2.24, 2.45) is 0 Å². The lowest BCUT2D eigenvalue weighted by molar-refractivity contribution is 0.396. The van der Waals surface area contributed by atoms with Crippen LogP contribution in [0, 0.1) is 0 Å². The van der Waals surface area contributed by atoms with E-state index in [0.717, 1.165) is 6.07 Å². The molecule has 1 aromatic rings. The fraction of sp³-hybridized carbons (Fsp3) is 0.143. The van der Waals surface area contributed by atoms with E-state index in [4.69, 9.17) is 15.3 Å². The van der Waals surface area contributed by atoms with Gasteiger partial charge >= 0.3 is 0 Å². The first-order valence-electron chi connectivity index (χ1n) is 2.41. The van der Waals surface area contributed by atoms with Crippen molar-refractivity contribution in [3.05, 3.63) is 18.2 Å². The molecule has 0 radical (unpaired) electrons. The van der Waals surface area contributed by atoms with Gasteiger partial charge in [-0.1, -0.05) is 7.43 Å². The third-order valence-electron chi connectivity index (χ3n) is 0.959. The zero-order chi connectivity index (χ0) is 6.85. The number of hydrogen-bond donors (Lipinski definition) is 3. The molecule has 0 aromatic heterocycles. The fourth-order valence-electron chi connectivity index (χ4n) is 0.512. The summed E-state index contributed by atoms with van der Waals surface area (Å²) < 4.78 is 0. The number of aromatic hydroxyl groups is 3. The van der Waals surface area contributed by atoms with Crippen molar-refractivity contribution in [2.45, 2.75) is 7.43 Å². The van der Waals surface area contributed by atoms with Crippen LogP contribution in [0.1, 0.15) is 7.43 Å². The molecular weight excluding hydrogens is 132 g/mol. The van der Waals surface area contributed by atoms with Crippen molar-refractivity contribution in [3.8, 4) is 17.2 Å². The van der Waals surface area contributed by atoms with E-state index < -0.39 is 0 Å². The van der Waals surface area contributed by atoms with E-state index >= 15 is 0 Å². The van der Waals surface area contributed by atoms with Crippen LogP contribution in [0.2, 0.25) is 0 Å². The summed E-state index contributed by atoms with van der Waals surface area (Å²) in [6.45, 7) is 0. The molecule has 1 rings (SSSR count). The lowest BCUT2D eigenvalue weighted by Crippen LogP contribution is -1.66. The van der Waals surface area contributed by atoms with Crippen LogP contribution >= 0.6 is 0 Å². The average Bonchev–Trinajstić information content (AvgIpc) is 1.80. The first kappa shape index (κ1) is 8.62. The molecule has 0 amide bonds. The Morgan fingerprint density at radius 1 is 0.900 bits per heavy atom. The first-order valence-corrected chi connectivity index (χ1v) is 2.41. The van der Waals surface area contributed by atoms with Gasteiger partial charge in [-0.3, -0.25) is 0 Å². The smallest absolute Gasteiger partial charge is 0.161 e. The molecule has 56 valence electrons. The minimum atomic E-state index is -0.310. The molecule has 0 unspecified atom stereocenters. The summed E-state index contributed by atoms with van der Waals surface area (Å²) in [6, 6.07) is 3.56. The topological polar surface area (TPSA) is 60.7 Å². The van der Waals surface area contributed by atoms with Gasteiger partial charge in [-0.15, -0.1) is 0 Å². The minimum absolute atomic E-state index is 0. The molecule has 0 aliphatic rings. The summed E-state index contributed by atoms with van der Waals surface area (Å²) in [5.74, 6) is -0.604. The van der Waals surface area contributed by atoms with Crippen LogP contribution in [0.25, 0.3) is 0 Å². The molecule has 0 aliphatic carbocycles. The maximum atomic E-state index is 8.69. The third-order valence-corrected chi connectivity index (χ3v) is 0.959. The highest BCUT2D eigenvalue weighted by Crippen LogP contribution is 2.27. The van der Waals surface area contributed by atoms with Crippen molar-refractivity contribution < 1.29 is 15.3 Å². The van der Waals surface area contributed by atoms with Crippen LogP contribution in [0.3, 0.4) is 0 Å². The normalized spacial score (nSPS) is 8.40. The van der Waals surface area contributed by atoms with E-state index in [1.165, 1.54) is 12.1 Å². The van der Waals surface area contributed by atoms with Gasteiger partial charge < -0.3 is 15.3 Å².